The number of carbonyl (C=O) groups excluding carboxylic acids is 3. The predicted molar refractivity (Wildman–Crippen MR) is 123 cm³/mol. The van der Waals surface area contributed by atoms with Crippen molar-refractivity contribution in [1.82, 2.24) is 4.98 Å². The number of nitrogens with one attached hydrogen (secondary N) is 1. The lowest BCUT2D eigenvalue weighted by atomic mass is 9.93. The zero-order valence-corrected chi connectivity index (χ0v) is 19.1. The Bertz CT molecular complexity index is 1130. The Morgan fingerprint density at radius 1 is 0.970 bits per heavy atom. The number of ketones is 1. The van der Waals surface area contributed by atoms with Crippen LogP contribution in [0.5, 0.6) is 0 Å². The highest BCUT2D eigenvalue weighted by Gasteiger charge is 2.37. The first-order chi connectivity index (χ1) is 15.7. The van der Waals surface area contributed by atoms with Crippen molar-refractivity contribution in [2.75, 3.05) is 13.2 Å². The van der Waals surface area contributed by atoms with Gasteiger partial charge >= 0.3 is 11.9 Å². The van der Waals surface area contributed by atoms with E-state index in [1.54, 1.807) is 62.4 Å². The molecule has 0 radical (unpaired) electrons. The van der Waals surface area contributed by atoms with E-state index in [1.807, 2.05) is 0 Å². The number of rotatable bonds is 7. The summed E-state index contributed by atoms with van der Waals surface area (Å²) in [6.07, 6.45) is 0. The number of esters is 2. The molecule has 3 aromatic rings. The average Bonchev–Trinajstić information content (AvgIpc) is 3.12. The molecule has 8 nitrogen and oxygen atoms in total. The van der Waals surface area contributed by atoms with E-state index >= 15 is 0 Å². The van der Waals surface area contributed by atoms with Gasteiger partial charge in [0.2, 0.25) is 5.78 Å². The van der Waals surface area contributed by atoms with Crippen LogP contribution in [0.25, 0.3) is 10.9 Å². The molecule has 0 saturated heterocycles. The molecule has 0 unspecified atom stereocenters. The van der Waals surface area contributed by atoms with E-state index in [2.05, 4.69) is 4.98 Å². The second-order valence-electron chi connectivity index (χ2n) is 6.75. The lowest BCUT2D eigenvalue weighted by molar-refractivity contribution is -0.157. The van der Waals surface area contributed by atoms with E-state index in [0.717, 1.165) is 6.92 Å². The molecule has 0 saturated carbocycles. The van der Waals surface area contributed by atoms with Gasteiger partial charge in [-0.25, -0.2) is 0 Å². The van der Waals surface area contributed by atoms with Crippen molar-refractivity contribution in [1.29, 1.82) is 0 Å². The summed E-state index contributed by atoms with van der Waals surface area (Å²) in [7, 11) is 0. The van der Waals surface area contributed by atoms with Gasteiger partial charge in [-0.15, -0.1) is 0 Å². The maximum Gasteiger partial charge on any atom is 0.324 e. The van der Waals surface area contributed by atoms with Gasteiger partial charge in [0.25, 0.3) is 5.97 Å². The molecule has 2 N–H and O–H groups in total. The molecule has 0 bridgehead atoms. The number of hydrogen-bond donors (Lipinski definition) is 2. The molecule has 1 aromatic heterocycles. The quantitative estimate of drug-likeness (QED) is 0.297. The highest BCUT2D eigenvalue weighted by Crippen LogP contribution is 2.34. The van der Waals surface area contributed by atoms with Crippen LogP contribution >= 0.6 is 11.6 Å². The zero-order valence-electron chi connectivity index (χ0n) is 18.4. The fourth-order valence-electron chi connectivity index (χ4n) is 3.19. The summed E-state index contributed by atoms with van der Waals surface area (Å²) >= 11 is 6.09. The summed E-state index contributed by atoms with van der Waals surface area (Å²) in [6.45, 7) is 4.55. The zero-order chi connectivity index (χ0) is 24.5. The third-order valence-electron chi connectivity index (χ3n) is 4.40. The van der Waals surface area contributed by atoms with Gasteiger partial charge in [-0.05, 0) is 26.0 Å². The number of carbonyl (C=O) groups is 4. The summed E-state index contributed by atoms with van der Waals surface area (Å²) in [5.74, 6) is -4.13. The SMILES string of the molecule is CC(=O)O.CCOC(=O)C(C(=O)OCC)c1c(C(=O)c2ccccc2)[nH]c2cc(Cl)ccc12. The fourth-order valence-corrected chi connectivity index (χ4v) is 3.36. The van der Waals surface area contributed by atoms with Crippen molar-refractivity contribution in [3.63, 3.8) is 0 Å². The number of benzene rings is 2. The van der Waals surface area contributed by atoms with Crippen LogP contribution in [0, 0.1) is 0 Å². The number of halogens is 1. The molecule has 0 fully saturated rings. The van der Waals surface area contributed by atoms with Gasteiger partial charge in [0, 0.05) is 34.0 Å². The highest BCUT2D eigenvalue weighted by molar-refractivity contribution is 6.31. The normalized spacial score (nSPS) is 10.3. The van der Waals surface area contributed by atoms with Crippen LogP contribution in [0.1, 0.15) is 48.3 Å². The van der Waals surface area contributed by atoms with Crippen LogP contribution in [0.2, 0.25) is 5.02 Å². The average molecular weight is 474 g/mol. The number of ether oxygens (including phenoxy) is 2. The molecular weight excluding hydrogens is 450 g/mol. The molecule has 3 rings (SSSR count). The Balaban J connectivity index is 0.000000890. The molecule has 0 spiro atoms. The molecule has 9 heteroatoms. The smallest absolute Gasteiger partial charge is 0.324 e. The Morgan fingerprint density at radius 2 is 1.52 bits per heavy atom. The molecule has 0 atom stereocenters. The Kier molecular flexibility index (Phi) is 9.18. The molecule has 0 aliphatic carbocycles. The number of aromatic nitrogens is 1. The van der Waals surface area contributed by atoms with Crippen LogP contribution in [-0.4, -0.2) is 47.0 Å². The first-order valence-electron chi connectivity index (χ1n) is 10.1. The number of aliphatic carboxylic acids is 1. The summed E-state index contributed by atoms with van der Waals surface area (Å²) < 4.78 is 10.2. The minimum absolute atomic E-state index is 0.0882. The van der Waals surface area contributed by atoms with Crippen molar-refractivity contribution in [3.8, 4) is 0 Å². The summed E-state index contributed by atoms with van der Waals surface area (Å²) in [5, 5.41) is 8.40. The second-order valence-corrected chi connectivity index (χ2v) is 7.19. The summed E-state index contributed by atoms with van der Waals surface area (Å²) in [6, 6.07) is 13.5. The number of hydrogen-bond acceptors (Lipinski definition) is 6. The number of carboxylic acids is 1. The monoisotopic (exact) mass is 473 g/mol. The standard InChI is InChI=1S/C22H20ClNO5.C2H4O2/c1-3-28-21(26)18(22(27)29-4-2)17-15-11-10-14(23)12-16(15)24-19(17)20(25)13-8-6-5-7-9-13;1-2(3)4/h5-12,18,24H,3-4H2,1-2H3;1H3,(H,3,4). The van der Waals surface area contributed by atoms with Crippen molar-refractivity contribution in [3.05, 3.63) is 70.4 Å². The van der Waals surface area contributed by atoms with E-state index in [-0.39, 0.29) is 30.3 Å². The van der Waals surface area contributed by atoms with Crippen LogP contribution in [0.4, 0.5) is 0 Å². The largest absolute Gasteiger partial charge is 0.481 e. The third-order valence-corrected chi connectivity index (χ3v) is 4.63. The number of carboxylic acid groups (broad SMARTS) is 1. The van der Waals surface area contributed by atoms with E-state index in [1.165, 1.54) is 0 Å². The lowest BCUT2D eigenvalue weighted by Gasteiger charge is -2.16. The van der Waals surface area contributed by atoms with Gasteiger partial charge in [-0.1, -0.05) is 48.0 Å². The van der Waals surface area contributed by atoms with Crippen molar-refractivity contribution < 1.29 is 33.8 Å². The van der Waals surface area contributed by atoms with Crippen LogP contribution in [0.15, 0.2) is 48.5 Å². The maximum absolute atomic E-state index is 13.2. The van der Waals surface area contributed by atoms with Crippen LogP contribution in [-0.2, 0) is 23.9 Å². The molecule has 2 aromatic carbocycles. The Morgan fingerprint density at radius 3 is 2.03 bits per heavy atom. The first-order valence-corrected chi connectivity index (χ1v) is 10.5. The second kappa shape index (κ2) is 11.8. The molecule has 174 valence electrons. The molecule has 1 heterocycles. The van der Waals surface area contributed by atoms with E-state index in [9.17, 15) is 14.4 Å². The minimum atomic E-state index is -1.40. The summed E-state index contributed by atoms with van der Waals surface area (Å²) in [4.78, 5) is 50.7. The van der Waals surface area contributed by atoms with Gasteiger partial charge in [0.05, 0.1) is 18.9 Å². The van der Waals surface area contributed by atoms with Gasteiger partial charge in [-0.2, -0.15) is 0 Å². The number of fused-ring (bicyclic) bond motifs is 1. The van der Waals surface area contributed by atoms with Gasteiger partial charge in [0.15, 0.2) is 5.92 Å². The minimum Gasteiger partial charge on any atom is -0.481 e. The Hall–Kier alpha value is -3.65. The van der Waals surface area contributed by atoms with Crippen LogP contribution in [0.3, 0.4) is 0 Å². The fraction of sp³-hybridized carbons (Fsp3) is 0.250. The predicted octanol–water partition coefficient (Wildman–Crippen LogP) is 4.35. The van der Waals surface area contributed by atoms with E-state index < -0.39 is 23.8 Å². The maximum atomic E-state index is 13.2. The van der Waals surface area contributed by atoms with Crippen LogP contribution < -0.4 is 0 Å². The first kappa shape index (κ1) is 25.6. The number of H-pyrrole nitrogens is 1. The van der Waals surface area contributed by atoms with E-state index in [4.69, 9.17) is 31.0 Å². The highest BCUT2D eigenvalue weighted by atomic mass is 35.5. The molecular formula is C24H24ClNO7. The topological polar surface area (TPSA) is 123 Å². The van der Waals surface area contributed by atoms with Crippen molar-refractivity contribution >= 4 is 46.2 Å². The van der Waals surface area contributed by atoms with Crippen molar-refractivity contribution in [2.45, 2.75) is 26.7 Å². The molecule has 0 aliphatic heterocycles. The Labute approximate surface area is 195 Å². The van der Waals surface area contributed by atoms with Crippen molar-refractivity contribution in [2.24, 2.45) is 0 Å². The summed E-state index contributed by atoms with van der Waals surface area (Å²) in [5.41, 5.74) is 1.30. The third kappa shape index (κ3) is 6.43. The van der Waals surface area contributed by atoms with E-state index in [0.29, 0.717) is 21.5 Å². The molecule has 33 heavy (non-hydrogen) atoms. The van der Waals surface area contributed by atoms with Gasteiger partial charge < -0.3 is 19.6 Å². The molecule has 0 aliphatic rings. The molecule has 0 amide bonds. The van der Waals surface area contributed by atoms with Gasteiger partial charge in [-0.3, -0.25) is 19.2 Å². The number of aromatic amines is 1. The van der Waals surface area contributed by atoms with Gasteiger partial charge in [0.1, 0.15) is 0 Å². The lowest BCUT2D eigenvalue weighted by Crippen LogP contribution is -2.27.